The fraction of sp³-hybridized carbons (Fsp3) is 0.429. The van der Waals surface area contributed by atoms with Crippen LogP contribution in [0.4, 0.5) is 0 Å². The van der Waals surface area contributed by atoms with Crippen LogP contribution in [0.1, 0.15) is 55.5 Å². The highest BCUT2D eigenvalue weighted by atomic mass is 16.5. The Labute approximate surface area is 139 Å². The van der Waals surface area contributed by atoms with Crippen LogP contribution in [0.3, 0.4) is 0 Å². The first-order chi connectivity index (χ1) is 11.4. The second kappa shape index (κ2) is 5.44. The topological polar surface area (TPSA) is 9.23 Å². The summed E-state index contributed by atoms with van der Waals surface area (Å²) in [5.74, 6) is 4.52. The van der Waals surface area contributed by atoms with Gasteiger partial charge in [0.25, 0.3) is 0 Å². The molecule has 2 aromatic rings. The van der Waals surface area contributed by atoms with Gasteiger partial charge in [-0.2, -0.15) is 0 Å². The molecule has 5 rings (SSSR count). The summed E-state index contributed by atoms with van der Waals surface area (Å²) >= 11 is 0. The SMILES string of the molecule is c1ccc2c(c1)Oc1ccccc1C2B1C2CCCC1CCC2. The normalized spacial score (nSPS) is 26.2. The Kier molecular flexibility index (Phi) is 3.24. The van der Waals surface area contributed by atoms with Crippen molar-refractivity contribution in [3.63, 3.8) is 0 Å². The highest BCUT2D eigenvalue weighted by Gasteiger charge is 2.47. The van der Waals surface area contributed by atoms with Gasteiger partial charge in [0.1, 0.15) is 11.5 Å². The minimum Gasteiger partial charge on any atom is -0.457 e. The van der Waals surface area contributed by atoms with Gasteiger partial charge in [-0.05, 0) is 29.1 Å². The number of fused-ring (bicyclic) bond motifs is 4. The first kappa shape index (κ1) is 13.7. The Bertz CT molecular complexity index is 658. The molecule has 0 spiro atoms. The zero-order chi connectivity index (χ0) is 15.2. The van der Waals surface area contributed by atoms with Crippen molar-refractivity contribution >= 4 is 6.71 Å². The van der Waals surface area contributed by atoms with Crippen molar-refractivity contribution in [2.45, 2.75) is 56.0 Å². The van der Waals surface area contributed by atoms with Crippen molar-refractivity contribution in [3.8, 4) is 11.5 Å². The zero-order valence-electron chi connectivity index (χ0n) is 13.6. The van der Waals surface area contributed by atoms with Crippen molar-refractivity contribution in [2.75, 3.05) is 0 Å². The van der Waals surface area contributed by atoms with E-state index in [0.717, 1.165) is 29.8 Å². The summed E-state index contributed by atoms with van der Waals surface area (Å²) in [6.07, 6.45) is 8.62. The van der Waals surface area contributed by atoms with Crippen LogP contribution < -0.4 is 4.74 Å². The van der Waals surface area contributed by atoms with Gasteiger partial charge in [0.05, 0.1) is 0 Å². The van der Waals surface area contributed by atoms with E-state index in [1.165, 1.54) is 49.7 Å². The number of benzene rings is 2. The maximum atomic E-state index is 6.22. The molecular formula is C21H23BO. The molecule has 3 aliphatic rings. The third-order valence-electron chi connectivity index (χ3n) is 6.50. The van der Waals surface area contributed by atoms with Crippen molar-refractivity contribution in [1.29, 1.82) is 0 Å². The number of rotatable bonds is 1. The molecule has 0 aliphatic carbocycles. The van der Waals surface area contributed by atoms with E-state index in [1.54, 1.807) is 0 Å². The smallest absolute Gasteiger partial charge is 0.160 e. The maximum Gasteiger partial charge on any atom is 0.160 e. The molecule has 0 saturated carbocycles. The fourth-order valence-electron chi connectivity index (χ4n) is 5.63. The lowest BCUT2D eigenvalue weighted by atomic mass is 9.21. The van der Waals surface area contributed by atoms with Gasteiger partial charge >= 0.3 is 0 Å². The lowest BCUT2D eigenvalue weighted by molar-refractivity contribution is 0.426. The van der Waals surface area contributed by atoms with Crippen LogP contribution >= 0.6 is 0 Å². The molecule has 0 radical (unpaired) electrons. The summed E-state index contributed by atoms with van der Waals surface area (Å²) in [5, 5.41) is 0. The molecule has 0 unspecified atom stereocenters. The predicted molar refractivity (Wildman–Crippen MR) is 95.8 cm³/mol. The molecule has 2 heteroatoms. The molecule has 1 nitrogen and oxygen atoms in total. The molecule has 116 valence electrons. The monoisotopic (exact) mass is 302 g/mol. The molecule has 2 aromatic carbocycles. The van der Waals surface area contributed by atoms with Gasteiger partial charge in [-0.3, -0.25) is 0 Å². The lowest BCUT2D eigenvalue weighted by Crippen LogP contribution is -2.41. The van der Waals surface area contributed by atoms with Crippen LogP contribution in [0.5, 0.6) is 11.5 Å². The Morgan fingerprint density at radius 2 is 1.17 bits per heavy atom. The molecule has 23 heavy (non-hydrogen) atoms. The quantitative estimate of drug-likeness (QED) is 0.581. The molecular weight excluding hydrogens is 279 g/mol. The summed E-state index contributed by atoms with van der Waals surface area (Å²) in [4.78, 5) is 0. The van der Waals surface area contributed by atoms with Crippen molar-refractivity contribution in [3.05, 3.63) is 59.7 Å². The summed E-state index contributed by atoms with van der Waals surface area (Å²) < 4.78 is 6.22. The lowest BCUT2D eigenvalue weighted by Gasteiger charge is -2.46. The molecule has 2 bridgehead atoms. The van der Waals surface area contributed by atoms with E-state index in [-0.39, 0.29) is 0 Å². The van der Waals surface area contributed by atoms with Crippen LogP contribution in [0.25, 0.3) is 0 Å². The Morgan fingerprint density at radius 1 is 0.696 bits per heavy atom. The van der Waals surface area contributed by atoms with Crippen LogP contribution in [0.2, 0.25) is 11.6 Å². The molecule has 0 N–H and O–H groups in total. The molecule has 3 aliphatic heterocycles. The highest BCUT2D eigenvalue weighted by Crippen LogP contribution is 2.56. The van der Waals surface area contributed by atoms with Crippen LogP contribution in [0.15, 0.2) is 48.5 Å². The van der Waals surface area contributed by atoms with E-state index < -0.39 is 0 Å². The average Bonchev–Trinajstić information content (AvgIpc) is 2.59. The van der Waals surface area contributed by atoms with Crippen molar-refractivity contribution < 1.29 is 4.74 Å². The van der Waals surface area contributed by atoms with Gasteiger partial charge < -0.3 is 4.74 Å². The molecule has 0 amide bonds. The number of ether oxygens (including phenoxy) is 1. The third-order valence-corrected chi connectivity index (χ3v) is 6.50. The summed E-state index contributed by atoms with van der Waals surface area (Å²) in [6.45, 7) is 0.809. The Balaban J connectivity index is 1.67. The van der Waals surface area contributed by atoms with Gasteiger partial charge in [0, 0.05) is 0 Å². The van der Waals surface area contributed by atoms with E-state index in [2.05, 4.69) is 48.5 Å². The molecule has 3 heterocycles. The van der Waals surface area contributed by atoms with E-state index in [9.17, 15) is 0 Å². The zero-order valence-corrected chi connectivity index (χ0v) is 13.6. The van der Waals surface area contributed by atoms with E-state index >= 15 is 0 Å². The van der Waals surface area contributed by atoms with Gasteiger partial charge in [-0.25, -0.2) is 0 Å². The summed E-state index contributed by atoms with van der Waals surface area (Å²) in [5.41, 5.74) is 2.85. The third kappa shape index (κ3) is 2.15. The number of para-hydroxylation sites is 2. The minimum absolute atomic E-state index is 0.534. The van der Waals surface area contributed by atoms with Crippen LogP contribution in [-0.4, -0.2) is 6.71 Å². The average molecular weight is 302 g/mol. The number of hydrogen-bond acceptors (Lipinski definition) is 1. The second-order valence-corrected chi connectivity index (χ2v) is 7.61. The van der Waals surface area contributed by atoms with Gasteiger partial charge in [0.2, 0.25) is 0 Å². The molecule has 2 saturated heterocycles. The van der Waals surface area contributed by atoms with Crippen LogP contribution in [0, 0.1) is 0 Å². The van der Waals surface area contributed by atoms with E-state index in [1.807, 2.05) is 0 Å². The number of hydrogen-bond donors (Lipinski definition) is 0. The molecule has 2 fully saturated rings. The van der Waals surface area contributed by atoms with E-state index in [4.69, 9.17) is 4.74 Å². The molecule has 0 aromatic heterocycles. The highest BCUT2D eigenvalue weighted by molar-refractivity contribution is 6.65. The Morgan fingerprint density at radius 3 is 1.70 bits per heavy atom. The van der Waals surface area contributed by atoms with Gasteiger partial charge in [-0.1, -0.05) is 86.6 Å². The van der Waals surface area contributed by atoms with Crippen LogP contribution in [-0.2, 0) is 0 Å². The van der Waals surface area contributed by atoms with Crippen molar-refractivity contribution in [1.82, 2.24) is 0 Å². The maximum absolute atomic E-state index is 6.22. The van der Waals surface area contributed by atoms with Gasteiger partial charge in [0.15, 0.2) is 6.71 Å². The minimum atomic E-state index is 0.534. The summed E-state index contributed by atoms with van der Waals surface area (Å²) in [7, 11) is 0. The standard InChI is InChI=1S/C21H23BO/c1-3-13-19-17(11-1)21(18-12-2-4-14-20(18)23-19)22-15-7-5-8-16(22)10-6-9-15/h1-4,11-16,21H,5-10H2. The Hall–Kier alpha value is -1.70. The van der Waals surface area contributed by atoms with Gasteiger partial charge in [-0.15, -0.1) is 0 Å². The summed E-state index contributed by atoms with van der Waals surface area (Å²) in [6, 6.07) is 17.5. The second-order valence-electron chi connectivity index (χ2n) is 7.61. The first-order valence-corrected chi connectivity index (χ1v) is 9.27. The van der Waals surface area contributed by atoms with Crippen molar-refractivity contribution in [2.24, 2.45) is 0 Å². The predicted octanol–water partition coefficient (Wildman–Crippen LogP) is 6.07. The van der Waals surface area contributed by atoms with E-state index in [0.29, 0.717) is 5.82 Å². The largest absolute Gasteiger partial charge is 0.457 e. The molecule has 0 atom stereocenters. The fourth-order valence-corrected chi connectivity index (χ4v) is 5.63. The first-order valence-electron chi connectivity index (χ1n) is 9.27.